The predicted octanol–water partition coefficient (Wildman–Crippen LogP) is -1.51. The van der Waals surface area contributed by atoms with E-state index in [-0.39, 0.29) is 29.0 Å². The number of phenolic OH excluding ortho intramolecular Hbond substituents is 1. The van der Waals surface area contributed by atoms with E-state index in [2.05, 4.69) is 23.9 Å². The number of benzene rings is 1. The molecule has 1 atom stereocenters. The maximum atomic E-state index is 11.5. The molecular formula is C10H12I2NO2-. The first-order chi connectivity index (χ1) is 7.17. The first kappa shape index (κ1) is 13.2. The molecule has 1 aromatic rings. The molecule has 0 aliphatic carbocycles. The van der Waals surface area contributed by atoms with Crippen molar-refractivity contribution in [2.45, 2.75) is 12.5 Å². The number of phenols is 1. The van der Waals surface area contributed by atoms with Gasteiger partial charge < -0.3 is 0 Å². The van der Waals surface area contributed by atoms with E-state index in [1.807, 2.05) is 12.1 Å². The molecule has 1 aromatic carbocycles. The van der Waals surface area contributed by atoms with Crippen LogP contribution in [0.1, 0.15) is 5.56 Å². The minimum atomic E-state index is -0.387. The molecule has 0 amide bonds. The molecule has 2 N–H and O–H groups in total. The average Bonchev–Trinajstić information content (AvgIpc) is 2.27. The summed E-state index contributed by atoms with van der Waals surface area (Å²) in [5, 5.41) is 12.2. The molecule has 0 fully saturated rings. The number of carbonyl (C=O) groups is 1. The number of nitrogens with one attached hydrogen (secondary N) is 1. The van der Waals surface area contributed by atoms with Gasteiger partial charge in [0.1, 0.15) is 0 Å². The van der Waals surface area contributed by atoms with E-state index in [9.17, 15) is 4.79 Å². The number of likely N-dealkylation sites (N-methyl/N-ethyl adjacent to an activating group) is 1. The number of hydrogen-bond donors (Lipinski definition) is 2. The number of hydrogen-bond acceptors (Lipinski definition) is 3. The monoisotopic (exact) mass is 432 g/mol. The molecule has 0 saturated carbocycles. The number of aromatic hydroxyl groups is 1. The van der Waals surface area contributed by atoms with Crippen molar-refractivity contribution in [2.75, 3.05) is 7.05 Å². The predicted molar refractivity (Wildman–Crippen MR) is 63.7 cm³/mol. The third-order valence-corrected chi connectivity index (χ3v) is 5.92. The van der Waals surface area contributed by atoms with Crippen LogP contribution in [0, 0.1) is 0 Å². The molecule has 84 valence electrons. The minimum absolute atomic E-state index is 0.0840. The summed E-state index contributed by atoms with van der Waals surface area (Å²) in [4.78, 5) is 11.5. The molecule has 0 heterocycles. The van der Waals surface area contributed by atoms with Crippen molar-refractivity contribution in [2.24, 2.45) is 0 Å². The topological polar surface area (TPSA) is 49.3 Å². The Morgan fingerprint density at radius 1 is 1.53 bits per heavy atom. The van der Waals surface area contributed by atoms with Gasteiger partial charge in [-0.05, 0) is 0 Å². The fraction of sp³-hybridized carbons (Fsp3) is 0.300. The number of halogens is 2. The summed E-state index contributed by atoms with van der Waals surface area (Å²) in [7, 11) is 1.80. The van der Waals surface area contributed by atoms with Gasteiger partial charge in [0.15, 0.2) is 0 Å². The molecule has 0 spiro atoms. The van der Waals surface area contributed by atoms with Crippen LogP contribution in [0.25, 0.3) is 0 Å². The summed E-state index contributed by atoms with van der Waals surface area (Å²) >= 11 is 1.79. The Balaban J connectivity index is 2.66. The van der Waals surface area contributed by atoms with Crippen molar-refractivity contribution in [1.29, 1.82) is 0 Å². The number of rotatable bonds is 5. The van der Waals surface area contributed by atoms with E-state index in [4.69, 9.17) is 5.11 Å². The molecule has 1 rings (SSSR count). The molecule has 0 aliphatic rings. The summed E-state index contributed by atoms with van der Waals surface area (Å²) in [5.41, 5.74) is 1.06. The summed E-state index contributed by atoms with van der Waals surface area (Å²) in [6, 6.07) is 6.90. The molecule has 0 aromatic heterocycles. The van der Waals surface area contributed by atoms with Gasteiger partial charge in [-0.2, -0.15) is 0 Å². The van der Waals surface area contributed by atoms with Crippen molar-refractivity contribution in [3.63, 3.8) is 0 Å². The van der Waals surface area contributed by atoms with Crippen LogP contribution in [0.5, 0.6) is 5.75 Å². The Bertz CT molecular complexity index is 327. The van der Waals surface area contributed by atoms with Crippen LogP contribution in [0.15, 0.2) is 24.3 Å². The van der Waals surface area contributed by atoms with Gasteiger partial charge in [0.2, 0.25) is 0 Å². The second kappa shape index (κ2) is 6.64. The van der Waals surface area contributed by atoms with Gasteiger partial charge in [0, 0.05) is 0 Å². The fourth-order valence-corrected chi connectivity index (χ4v) is 3.94. The molecule has 0 bridgehead atoms. The van der Waals surface area contributed by atoms with E-state index < -0.39 is 0 Å². The van der Waals surface area contributed by atoms with Gasteiger partial charge in [-0.3, -0.25) is 0 Å². The van der Waals surface area contributed by atoms with Crippen molar-refractivity contribution < 1.29 is 27.1 Å². The van der Waals surface area contributed by atoms with E-state index >= 15 is 0 Å². The van der Waals surface area contributed by atoms with Crippen molar-refractivity contribution >= 4 is 22.4 Å². The van der Waals surface area contributed by atoms with E-state index in [1.54, 1.807) is 19.2 Å². The zero-order valence-corrected chi connectivity index (χ0v) is 12.5. The van der Waals surface area contributed by atoms with Crippen molar-refractivity contribution in [1.82, 2.24) is 5.32 Å². The van der Waals surface area contributed by atoms with Gasteiger partial charge in [-0.15, -0.1) is 0 Å². The second-order valence-electron chi connectivity index (χ2n) is 3.09. The summed E-state index contributed by atoms with van der Waals surface area (Å²) in [5.74, 6) is 0.257. The fourth-order valence-electron chi connectivity index (χ4n) is 1.21. The Hall–Kier alpha value is 0.110. The van der Waals surface area contributed by atoms with Gasteiger partial charge in [-0.25, -0.2) is 0 Å². The molecular weight excluding hydrogens is 420 g/mol. The van der Waals surface area contributed by atoms with Crippen LogP contribution in [0.2, 0.25) is 0 Å². The van der Waals surface area contributed by atoms with Gasteiger partial charge in [-0.1, -0.05) is 0 Å². The molecule has 0 saturated heterocycles. The first-order valence-electron chi connectivity index (χ1n) is 4.42. The maximum absolute atomic E-state index is 11.5. The Labute approximate surface area is 109 Å². The molecule has 0 radical (unpaired) electrons. The van der Waals surface area contributed by atoms with Crippen LogP contribution < -0.4 is 22.5 Å². The normalized spacial score (nSPS) is 12.7. The SMILES string of the molecule is CN[C@@H](Cc1ccc(O)cc1)C(=O)[I-]I. The van der Waals surface area contributed by atoms with E-state index in [1.165, 1.54) is 0 Å². The Kier molecular flexibility index (Phi) is 5.83. The molecule has 15 heavy (non-hydrogen) atoms. The number of carbonyl (C=O) groups excluding carboxylic acids is 1. The van der Waals surface area contributed by atoms with Crippen LogP contribution in [-0.4, -0.2) is 22.0 Å². The quantitative estimate of drug-likeness (QED) is 0.440. The average molecular weight is 432 g/mol. The first-order valence-corrected chi connectivity index (χ1v) is 11.8. The second-order valence-corrected chi connectivity index (χ2v) is 7.29. The van der Waals surface area contributed by atoms with E-state index in [0.717, 1.165) is 5.56 Å². The van der Waals surface area contributed by atoms with Gasteiger partial charge in [0.05, 0.1) is 0 Å². The van der Waals surface area contributed by atoms with Crippen LogP contribution in [-0.2, 0) is 11.2 Å². The summed E-state index contributed by atoms with van der Waals surface area (Å²) in [6.45, 7) is 0. The summed E-state index contributed by atoms with van der Waals surface area (Å²) < 4.78 is 0.310. The van der Waals surface area contributed by atoms with Crippen LogP contribution >= 0.6 is 18.6 Å². The van der Waals surface area contributed by atoms with Crippen molar-refractivity contribution in [3.05, 3.63) is 29.8 Å². The van der Waals surface area contributed by atoms with Gasteiger partial charge in [0.25, 0.3) is 0 Å². The molecule has 3 nitrogen and oxygen atoms in total. The third-order valence-electron chi connectivity index (χ3n) is 2.07. The Morgan fingerprint density at radius 2 is 2.13 bits per heavy atom. The molecule has 0 aliphatic heterocycles. The molecule has 5 heteroatoms. The van der Waals surface area contributed by atoms with E-state index in [0.29, 0.717) is 10.2 Å². The van der Waals surface area contributed by atoms with Crippen molar-refractivity contribution in [3.8, 4) is 5.75 Å². The van der Waals surface area contributed by atoms with Gasteiger partial charge >= 0.3 is 110 Å². The van der Waals surface area contributed by atoms with Crippen LogP contribution in [0.4, 0.5) is 0 Å². The zero-order valence-electron chi connectivity index (χ0n) is 8.21. The Morgan fingerprint density at radius 3 is 2.60 bits per heavy atom. The summed E-state index contributed by atoms with van der Waals surface area (Å²) in [6.07, 6.45) is 0.693. The zero-order chi connectivity index (χ0) is 11.3. The van der Waals surface area contributed by atoms with Crippen LogP contribution in [0.3, 0.4) is 0 Å². The molecule has 0 unspecified atom stereocenters. The standard InChI is InChI=1S/C10H12I2NO2/c1-13-9(10(15)12-11)6-7-2-4-8(14)5-3-7/h2-5,9,13-14H,6H2,1H3/q-1/t9-/m0/s1. The third kappa shape index (κ3) is 4.23.